The minimum absolute atomic E-state index is 0.0252. The van der Waals surface area contributed by atoms with Crippen LogP contribution < -0.4 is 0 Å². The van der Waals surface area contributed by atoms with Gasteiger partial charge in [0.25, 0.3) is 0 Å². The predicted octanol–water partition coefficient (Wildman–Crippen LogP) is 6.80. The van der Waals surface area contributed by atoms with Crippen LogP contribution in [0.4, 0.5) is 0 Å². The van der Waals surface area contributed by atoms with Crippen molar-refractivity contribution in [2.24, 2.45) is 0 Å². The summed E-state index contributed by atoms with van der Waals surface area (Å²) >= 11 is 0. The summed E-state index contributed by atoms with van der Waals surface area (Å²) in [5, 5.41) is 1.39. The maximum atomic E-state index is 5.96. The second-order valence-corrected chi connectivity index (χ2v) is 11.1. The molecule has 4 heterocycles. The van der Waals surface area contributed by atoms with Crippen LogP contribution in [-0.4, -0.2) is 46.2 Å². The number of aromatic amines is 1. The Hall–Kier alpha value is -2.17. The van der Waals surface area contributed by atoms with Crippen LogP contribution in [0.5, 0.6) is 0 Å². The Kier molecular flexibility index (Phi) is 6.09. The molecule has 4 heteroatoms. The Balaban J connectivity index is 1.38. The number of rotatable bonds is 4. The van der Waals surface area contributed by atoms with Gasteiger partial charge in [-0.3, -0.25) is 4.98 Å². The zero-order chi connectivity index (χ0) is 23.2. The molecule has 3 aromatic rings. The quantitative estimate of drug-likeness (QED) is 0.480. The van der Waals surface area contributed by atoms with E-state index in [1.165, 1.54) is 65.6 Å². The number of fused-ring (bicyclic) bond motifs is 1. The fourth-order valence-corrected chi connectivity index (χ4v) is 6.12. The van der Waals surface area contributed by atoms with Gasteiger partial charge >= 0.3 is 0 Å². The second kappa shape index (κ2) is 8.88. The summed E-state index contributed by atoms with van der Waals surface area (Å²) in [6, 6.07) is 12.1. The molecule has 2 aliphatic heterocycles. The van der Waals surface area contributed by atoms with Crippen LogP contribution in [0, 0.1) is 6.92 Å². The molecule has 0 aliphatic carbocycles. The van der Waals surface area contributed by atoms with E-state index in [2.05, 4.69) is 79.8 Å². The van der Waals surface area contributed by atoms with E-state index in [9.17, 15) is 0 Å². The molecule has 2 aromatic heterocycles. The van der Waals surface area contributed by atoms with Crippen molar-refractivity contribution >= 4 is 10.9 Å². The van der Waals surface area contributed by atoms with Gasteiger partial charge in [0.1, 0.15) is 0 Å². The Labute approximate surface area is 198 Å². The van der Waals surface area contributed by atoms with Crippen molar-refractivity contribution in [2.45, 2.75) is 83.8 Å². The van der Waals surface area contributed by atoms with Crippen LogP contribution in [0.2, 0.25) is 0 Å². The summed E-state index contributed by atoms with van der Waals surface area (Å²) in [7, 11) is 0. The molecule has 1 unspecified atom stereocenters. The Morgan fingerprint density at radius 2 is 1.88 bits per heavy atom. The molecule has 0 spiro atoms. The molecule has 1 N–H and O–H groups in total. The average Bonchev–Trinajstić information content (AvgIpc) is 3.18. The van der Waals surface area contributed by atoms with Crippen molar-refractivity contribution < 1.29 is 4.74 Å². The van der Waals surface area contributed by atoms with E-state index in [-0.39, 0.29) is 5.60 Å². The third-order valence-electron chi connectivity index (χ3n) is 7.81. The molecule has 5 rings (SSSR count). The number of hydrogen-bond donors (Lipinski definition) is 1. The summed E-state index contributed by atoms with van der Waals surface area (Å²) in [6.45, 7) is 14.5. The number of hydrogen-bond acceptors (Lipinski definition) is 3. The number of aromatic nitrogens is 2. The van der Waals surface area contributed by atoms with Gasteiger partial charge in [-0.05, 0) is 107 Å². The minimum atomic E-state index is 0.0252. The van der Waals surface area contributed by atoms with Gasteiger partial charge in [0.15, 0.2) is 0 Å². The van der Waals surface area contributed by atoms with Crippen LogP contribution in [-0.2, 0) is 4.74 Å². The molecular weight excluding hydrogens is 406 g/mol. The van der Waals surface area contributed by atoms with E-state index in [4.69, 9.17) is 4.74 Å². The van der Waals surface area contributed by atoms with E-state index in [1.54, 1.807) is 0 Å². The summed E-state index contributed by atoms with van der Waals surface area (Å²) in [6.07, 6.45) is 6.75. The Morgan fingerprint density at radius 1 is 1.09 bits per heavy atom. The molecule has 2 aliphatic rings. The summed E-state index contributed by atoms with van der Waals surface area (Å²) in [5.74, 6) is 1.11. The number of ether oxygens (including phenoxy) is 1. The number of H-pyrrole nitrogens is 1. The number of nitrogens with zero attached hydrogens (tertiary/aromatic N) is 2. The highest BCUT2D eigenvalue weighted by molar-refractivity contribution is 5.92. The molecule has 1 aromatic carbocycles. The van der Waals surface area contributed by atoms with Gasteiger partial charge in [-0.25, -0.2) is 0 Å². The smallest absolute Gasteiger partial charge is 0.0641 e. The fraction of sp³-hybridized carbons (Fsp3) is 0.552. The summed E-state index contributed by atoms with van der Waals surface area (Å²) in [5.41, 5.74) is 7.75. The van der Waals surface area contributed by atoms with Crippen molar-refractivity contribution in [3.05, 3.63) is 53.3 Å². The highest BCUT2D eigenvalue weighted by Crippen LogP contribution is 2.39. The maximum absolute atomic E-state index is 5.96. The summed E-state index contributed by atoms with van der Waals surface area (Å²) < 4.78 is 5.96. The molecule has 1 atom stereocenters. The first-order chi connectivity index (χ1) is 15.8. The van der Waals surface area contributed by atoms with E-state index in [1.807, 2.05) is 6.20 Å². The van der Waals surface area contributed by atoms with Gasteiger partial charge < -0.3 is 14.6 Å². The number of likely N-dealkylation sites (tertiary alicyclic amines) is 1. The Bertz CT molecular complexity index is 1120. The lowest BCUT2D eigenvalue weighted by Gasteiger charge is -2.44. The monoisotopic (exact) mass is 445 g/mol. The Morgan fingerprint density at radius 3 is 2.58 bits per heavy atom. The zero-order valence-electron chi connectivity index (χ0n) is 20.9. The highest BCUT2D eigenvalue weighted by atomic mass is 16.5. The SMILES string of the molecule is Cc1cc(-c2[nH]c3ccc(C4CCN(C5CCOC(C)(C)C5)CC4)cc3c2C(C)C)ccn1. The number of benzene rings is 1. The van der Waals surface area contributed by atoms with Crippen LogP contribution in [0.25, 0.3) is 22.2 Å². The lowest BCUT2D eigenvalue weighted by Crippen LogP contribution is -2.48. The van der Waals surface area contributed by atoms with Crippen LogP contribution >= 0.6 is 0 Å². The van der Waals surface area contributed by atoms with Crippen molar-refractivity contribution in [1.82, 2.24) is 14.9 Å². The van der Waals surface area contributed by atoms with Gasteiger partial charge in [-0.1, -0.05) is 19.9 Å². The molecule has 2 fully saturated rings. The molecule has 0 saturated carbocycles. The van der Waals surface area contributed by atoms with Gasteiger partial charge in [-0.2, -0.15) is 0 Å². The van der Waals surface area contributed by atoms with Gasteiger partial charge in [0.2, 0.25) is 0 Å². The number of piperidine rings is 1. The fourth-order valence-electron chi connectivity index (χ4n) is 6.12. The van der Waals surface area contributed by atoms with Gasteiger partial charge in [0, 0.05) is 41.0 Å². The van der Waals surface area contributed by atoms with Crippen molar-refractivity contribution in [3.8, 4) is 11.3 Å². The molecular formula is C29H39N3O. The average molecular weight is 446 g/mol. The van der Waals surface area contributed by atoms with Crippen molar-refractivity contribution in [2.75, 3.05) is 19.7 Å². The first kappa shape index (κ1) is 22.6. The first-order valence-electron chi connectivity index (χ1n) is 12.8. The lowest BCUT2D eigenvalue weighted by atomic mass is 9.85. The standard InChI is InChI=1S/C29H39N3O/c1-19(2)27-25-17-22(6-7-26(25)31-28(27)23-8-12-30-20(3)16-23)21-9-13-32(14-10-21)24-11-15-33-29(4,5)18-24/h6-8,12,16-17,19,21,24,31H,9-11,13-15,18H2,1-5H3. The van der Waals surface area contributed by atoms with Crippen LogP contribution in [0.3, 0.4) is 0 Å². The largest absolute Gasteiger partial charge is 0.375 e. The van der Waals surface area contributed by atoms with Crippen molar-refractivity contribution in [1.29, 1.82) is 0 Å². The van der Waals surface area contributed by atoms with E-state index in [0.717, 1.165) is 18.7 Å². The normalized spacial score (nSPS) is 22.3. The minimum Gasteiger partial charge on any atom is -0.375 e. The molecule has 0 amide bonds. The molecule has 4 nitrogen and oxygen atoms in total. The predicted molar refractivity (Wildman–Crippen MR) is 137 cm³/mol. The zero-order valence-corrected chi connectivity index (χ0v) is 20.9. The number of aryl methyl sites for hydroxylation is 1. The molecule has 176 valence electrons. The van der Waals surface area contributed by atoms with Crippen LogP contribution in [0.1, 0.15) is 82.0 Å². The van der Waals surface area contributed by atoms with Crippen molar-refractivity contribution in [3.63, 3.8) is 0 Å². The topological polar surface area (TPSA) is 41.2 Å². The van der Waals surface area contributed by atoms with Gasteiger partial charge in [0.05, 0.1) is 11.3 Å². The van der Waals surface area contributed by atoms with Gasteiger partial charge in [-0.15, -0.1) is 0 Å². The third kappa shape index (κ3) is 4.61. The lowest BCUT2D eigenvalue weighted by molar-refractivity contribution is -0.0858. The van der Waals surface area contributed by atoms with E-state index in [0.29, 0.717) is 17.9 Å². The van der Waals surface area contributed by atoms with E-state index >= 15 is 0 Å². The molecule has 33 heavy (non-hydrogen) atoms. The third-order valence-corrected chi connectivity index (χ3v) is 7.81. The summed E-state index contributed by atoms with van der Waals surface area (Å²) in [4.78, 5) is 10.9. The molecule has 2 saturated heterocycles. The maximum Gasteiger partial charge on any atom is 0.0641 e. The first-order valence-corrected chi connectivity index (χ1v) is 12.8. The molecule has 0 bridgehead atoms. The van der Waals surface area contributed by atoms with Crippen LogP contribution in [0.15, 0.2) is 36.5 Å². The number of pyridine rings is 1. The second-order valence-electron chi connectivity index (χ2n) is 11.1. The number of nitrogens with one attached hydrogen (secondary N) is 1. The highest BCUT2D eigenvalue weighted by Gasteiger charge is 2.34. The van der Waals surface area contributed by atoms with E-state index < -0.39 is 0 Å². The molecule has 0 radical (unpaired) electrons.